The molecule has 1 heterocycles. The maximum Gasteiger partial charge on any atom is 0.417 e. The summed E-state index contributed by atoms with van der Waals surface area (Å²) in [4.78, 5) is 0. The molecular weight excluding hydrogens is 547 g/mol. The van der Waals surface area contributed by atoms with Crippen molar-refractivity contribution >= 4 is 45.5 Å². The number of alkyl halides is 3. The highest BCUT2D eigenvalue weighted by Gasteiger charge is 2.34. The Labute approximate surface area is 163 Å². The van der Waals surface area contributed by atoms with Gasteiger partial charge in [-0.3, -0.25) is 0 Å². The third kappa shape index (κ3) is 3.39. The third-order valence-corrected chi connectivity index (χ3v) is 4.82. The second-order valence-corrected chi connectivity index (χ2v) is 7.14. The molecule has 0 saturated carbocycles. The van der Waals surface area contributed by atoms with Gasteiger partial charge < -0.3 is 5.11 Å². The molecule has 1 aromatic heterocycles. The monoisotopic (exact) mass is 556 g/mol. The van der Waals surface area contributed by atoms with Crippen LogP contribution in [-0.4, -0.2) is 13.1 Å². The van der Waals surface area contributed by atoms with Crippen molar-refractivity contribution in [3.8, 4) is 28.3 Å². The molecule has 0 aliphatic carbocycles. The molecule has 8 heteroatoms. The molecule has 124 valence electrons. The van der Waals surface area contributed by atoms with Crippen LogP contribution in [0.1, 0.15) is 5.56 Å². The maximum absolute atomic E-state index is 13.2. The fourth-order valence-corrected chi connectivity index (χ4v) is 3.46. The molecule has 3 aromatic rings. The molecule has 1 N–H and O–H groups in total. The van der Waals surface area contributed by atoms with E-state index in [0.29, 0.717) is 11.3 Å². The van der Waals surface area contributed by atoms with Gasteiger partial charge in [0.1, 0.15) is 5.75 Å². The highest BCUT2D eigenvalue weighted by molar-refractivity contribution is 14.1. The Morgan fingerprint density at radius 2 is 1.71 bits per heavy atom. The molecular formula is C16H9F3I2N2O. The van der Waals surface area contributed by atoms with Crippen LogP contribution >= 0.6 is 45.5 Å². The van der Waals surface area contributed by atoms with Crippen LogP contribution in [0, 0.1) is 3.57 Å². The number of rotatable bonds is 2. The van der Waals surface area contributed by atoms with Crippen molar-refractivity contribution in [3.63, 3.8) is 0 Å². The minimum absolute atomic E-state index is 0.00628. The lowest BCUT2D eigenvalue weighted by Gasteiger charge is -2.10. The second kappa shape index (κ2) is 6.54. The summed E-state index contributed by atoms with van der Waals surface area (Å²) in [7, 11) is 0. The molecule has 24 heavy (non-hydrogen) atoms. The Bertz CT molecular complexity index is 907. The Hall–Kier alpha value is -1.30. The minimum atomic E-state index is -4.46. The van der Waals surface area contributed by atoms with E-state index in [1.165, 1.54) is 15.0 Å². The van der Waals surface area contributed by atoms with Crippen LogP contribution in [-0.2, 0) is 6.18 Å². The van der Waals surface area contributed by atoms with E-state index >= 15 is 0 Å². The van der Waals surface area contributed by atoms with Crippen LogP contribution in [0.25, 0.3) is 22.5 Å². The van der Waals surface area contributed by atoms with E-state index in [-0.39, 0.29) is 17.0 Å². The number of phenolic OH excluding ortho intramolecular Hbond substituents is 1. The van der Waals surface area contributed by atoms with Gasteiger partial charge in [-0.05, 0) is 52.9 Å². The van der Waals surface area contributed by atoms with Crippen LogP contribution in [0.5, 0.6) is 5.75 Å². The summed E-state index contributed by atoms with van der Waals surface area (Å²) < 4.78 is 41.9. The first-order valence-corrected chi connectivity index (χ1v) is 8.73. The first kappa shape index (κ1) is 17.5. The predicted octanol–water partition coefficient (Wildman–Crippen LogP) is 5.74. The predicted molar refractivity (Wildman–Crippen MR) is 102 cm³/mol. The molecule has 0 spiro atoms. The van der Waals surface area contributed by atoms with Gasteiger partial charge >= 0.3 is 6.18 Å². The molecule has 0 atom stereocenters. The quantitative estimate of drug-likeness (QED) is 0.409. The van der Waals surface area contributed by atoms with Gasteiger partial charge in [0.2, 0.25) is 0 Å². The zero-order valence-corrected chi connectivity index (χ0v) is 16.2. The average molecular weight is 556 g/mol. The van der Waals surface area contributed by atoms with Crippen molar-refractivity contribution in [1.29, 1.82) is 0 Å². The van der Waals surface area contributed by atoms with Gasteiger partial charge in [0, 0.05) is 14.7 Å². The molecule has 0 unspecified atom stereocenters. The van der Waals surface area contributed by atoms with E-state index in [1.54, 1.807) is 30.3 Å². The van der Waals surface area contributed by atoms with Crippen LogP contribution in [0.2, 0.25) is 0 Å². The van der Waals surface area contributed by atoms with E-state index < -0.39 is 11.7 Å². The molecule has 0 bridgehead atoms. The summed E-state index contributed by atoms with van der Waals surface area (Å²) >= 11 is 3.99. The first-order chi connectivity index (χ1) is 11.3. The minimum Gasteiger partial charge on any atom is -0.507 e. The van der Waals surface area contributed by atoms with Crippen molar-refractivity contribution in [2.45, 2.75) is 6.18 Å². The number of aromatic hydroxyl groups is 1. The molecule has 2 aromatic carbocycles. The highest BCUT2D eigenvalue weighted by Crippen LogP contribution is 2.39. The van der Waals surface area contributed by atoms with E-state index in [0.717, 1.165) is 9.64 Å². The molecule has 3 rings (SSSR count). The average Bonchev–Trinajstić information content (AvgIpc) is 2.90. The van der Waals surface area contributed by atoms with Crippen molar-refractivity contribution in [2.24, 2.45) is 0 Å². The number of phenols is 1. The summed E-state index contributed by atoms with van der Waals surface area (Å²) in [6.45, 7) is 0. The number of halogens is 5. The Balaban J connectivity index is 2.16. The van der Waals surface area contributed by atoms with Crippen LogP contribution in [0.4, 0.5) is 13.2 Å². The first-order valence-electron chi connectivity index (χ1n) is 6.69. The summed E-state index contributed by atoms with van der Waals surface area (Å²) in [5.41, 5.74) is 0.508. The lowest BCUT2D eigenvalue weighted by molar-refractivity contribution is -0.137. The molecule has 0 aliphatic heterocycles. The van der Waals surface area contributed by atoms with Crippen LogP contribution in [0.15, 0.2) is 48.5 Å². The fourth-order valence-electron chi connectivity index (χ4n) is 2.34. The number of hydrogen-bond acceptors (Lipinski definition) is 2. The second-order valence-electron chi connectivity index (χ2n) is 4.98. The fraction of sp³-hybridized carbons (Fsp3) is 0.0625. The zero-order chi connectivity index (χ0) is 17.5. The number of nitrogens with zero attached hydrogens (tertiary/aromatic N) is 2. The normalized spacial score (nSPS) is 11.7. The maximum atomic E-state index is 13.2. The van der Waals surface area contributed by atoms with Crippen molar-refractivity contribution < 1.29 is 18.3 Å². The van der Waals surface area contributed by atoms with Crippen molar-refractivity contribution in [1.82, 2.24) is 7.99 Å². The number of hydrogen-bond donors (Lipinski definition) is 1. The third-order valence-electron chi connectivity index (χ3n) is 3.41. The zero-order valence-electron chi connectivity index (χ0n) is 11.9. The molecule has 3 nitrogen and oxygen atoms in total. The van der Waals surface area contributed by atoms with E-state index in [2.05, 4.69) is 27.7 Å². The smallest absolute Gasteiger partial charge is 0.417 e. The molecule has 0 aliphatic rings. The van der Waals surface area contributed by atoms with E-state index in [4.69, 9.17) is 0 Å². The largest absolute Gasteiger partial charge is 0.507 e. The van der Waals surface area contributed by atoms with Gasteiger partial charge in [-0.2, -0.15) is 18.3 Å². The van der Waals surface area contributed by atoms with Crippen LogP contribution < -0.4 is 0 Å². The molecule has 0 fully saturated rings. The standard InChI is InChI=1S/C16H9F3I2N2O/c17-16(18,19)12-4-2-1-3-10(12)13-8-14(23(21)22-13)11-7-9(20)5-6-15(11)24/h1-8,24H. The van der Waals surface area contributed by atoms with Gasteiger partial charge in [0.15, 0.2) is 0 Å². The van der Waals surface area contributed by atoms with E-state index in [1.807, 2.05) is 22.9 Å². The van der Waals surface area contributed by atoms with Crippen molar-refractivity contribution in [2.75, 3.05) is 0 Å². The van der Waals surface area contributed by atoms with Crippen molar-refractivity contribution in [3.05, 3.63) is 57.7 Å². The number of aromatic nitrogens is 2. The molecule has 0 saturated heterocycles. The topological polar surface area (TPSA) is 38.1 Å². The SMILES string of the molecule is Oc1ccc(I)cc1-c1cc(-c2ccccc2C(F)(F)F)nn1I. The summed E-state index contributed by atoms with van der Waals surface area (Å²) in [6, 6.07) is 11.9. The lowest BCUT2D eigenvalue weighted by atomic mass is 10.0. The Morgan fingerprint density at radius 1 is 1.00 bits per heavy atom. The van der Waals surface area contributed by atoms with Gasteiger partial charge in [-0.25, -0.2) is 2.90 Å². The highest BCUT2D eigenvalue weighted by atomic mass is 127. The molecule has 0 radical (unpaired) electrons. The Kier molecular flexibility index (Phi) is 4.78. The van der Waals surface area contributed by atoms with Gasteiger partial charge in [0.05, 0.1) is 39.8 Å². The van der Waals surface area contributed by atoms with Crippen LogP contribution in [0.3, 0.4) is 0 Å². The summed E-state index contributed by atoms with van der Waals surface area (Å²) in [5, 5.41) is 14.2. The summed E-state index contributed by atoms with van der Waals surface area (Å²) in [5.74, 6) is 0.0453. The number of benzene rings is 2. The van der Waals surface area contributed by atoms with Gasteiger partial charge in [-0.1, -0.05) is 18.2 Å². The Morgan fingerprint density at radius 3 is 2.42 bits per heavy atom. The van der Waals surface area contributed by atoms with Gasteiger partial charge in [0.25, 0.3) is 0 Å². The van der Waals surface area contributed by atoms with Gasteiger partial charge in [-0.15, -0.1) is 0 Å². The lowest BCUT2D eigenvalue weighted by Crippen LogP contribution is -2.06. The van der Waals surface area contributed by atoms with E-state index in [9.17, 15) is 18.3 Å². The molecule has 0 amide bonds. The summed E-state index contributed by atoms with van der Waals surface area (Å²) in [6.07, 6.45) is -4.46.